The van der Waals surface area contributed by atoms with Crippen LogP contribution < -0.4 is 5.32 Å². The van der Waals surface area contributed by atoms with Crippen LogP contribution in [0.4, 0.5) is 0 Å². The van der Waals surface area contributed by atoms with Gasteiger partial charge in [0, 0.05) is 25.8 Å². The number of rotatable bonds is 3. The summed E-state index contributed by atoms with van der Waals surface area (Å²) in [6.07, 6.45) is 5.16. The first-order chi connectivity index (χ1) is 8.68. The minimum Gasteiger partial charge on any atom is -0.340 e. The van der Waals surface area contributed by atoms with E-state index in [0.717, 1.165) is 13.0 Å². The summed E-state index contributed by atoms with van der Waals surface area (Å²) in [5, 5.41) is 3.70. The van der Waals surface area contributed by atoms with Crippen LogP contribution in [-0.4, -0.2) is 42.0 Å². The van der Waals surface area contributed by atoms with Gasteiger partial charge >= 0.3 is 0 Å². The zero-order valence-corrected chi connectivity index (χ0v) is 11.3. The van der Waals surface area contributed by atoms with Crippen LogP contribution in [0, 0.1) is 0 Å². The number of piperidine rings is 1. The Morgan fingerprint density at radius 3 is 3.11 bits per heavy atom. The molecule has 1 saturated heterocycles. The van der Waals surface area contributed by atoms with Crippen LogP contribution in [0.15, 0.2) is 18.3 Å². The van der Waals surface area contributed by atoms with Crippen LogP contribution >= 0.6 is 11.6 Å². The number of halogens is 1. The lowest BCUT2D eigenvalue weighted by atomic mass is 10.0. The summed E-state index contributed by atoms with van der Waals surface area (Å²) in [4.78, 5) is 17.9. The Morgan fingerprint density at radius 2 is 2.44 bits per heavy atom. The minimum absolute atomic E-state index is 0.0690. The van der Waals surface area contributed by atoms with Gasteiger partial charge in [-0.05, 0) is 31.5 Å². The first-order valence-corrected chi connectivity index (χ1v) is 6.65. The van der Waals surface area contributed by atoms with Crippen molar-refractivity contribution >= 4 is 17.5 Å². The van der Waals surface area contributed by atoms with E-state index in [-0.39, 0.29) is 11.1 Å². The SMILES string of the molecule is CN(C[C@H]1CCCCN1)C(=O)c1cccnc1Cl. The predicted octanol–water partition coefficient (Wildman–Crippen LogP) is 1.95. The fraction of sp³-hybridized carbons (Fsp3) is 0.538. The quantitative estimate of drug-likeness (QED) is 0.852. The van der Waals surface area contributed by atoms with E-state index in [0.29, 0.717) is 18.2 Å². The standard InChI is InChI=1S/C13H18ClN3O/c1-17(9-10-5-2-3-7-15-10)13(18)11-6-4-8-16-12(11)14/h4,6,8,10,15H,2-3,5,7,9H2,1H3/t10-/m1/s1. The number of aromatic nitrogens is 1. The van der Waals surface area contributed by atoms with Gasteiger partial charge in [0.2, 0.25) is 0 Å². The third-order valence-corrected chi connectivity index (χ3v) is 3.54. The molecule has 1 aromatic rings. The molecule has 0 unspecified atom stereocenters. The second-order valence-corrected chi connectivity index (χ2v) is 5.03. The number of carbonyl (C=O) groups excluding carboxylic acids is 1. The predicted molar refractivity (Wildman–Crippen MR) is 71.8 cm³/mol. The molecule has 0 bridgehead atoms. The van der Waals surface area contributed by atoms with Gasteiger partial charge in [0.25, 0.3) is 5.91 Å². The molecule has 0 saturated carbocycles. The summed E-state index contributed by atoms with van der Waals surface area (Å²) < 4.78 is 0. The molecule has 1 amide bonds. The number of amides is 1. The largest absolute Gasteiger partial charge is 0.340 e. The van der Waals surface area contributed by atoms with E-state index in [1.54, 1.807) is 23.2 Å². The molecule has 1 N–H and O–H groups in total. The molecule has 1 aromatic heterocycles. The highest BCUT2D eigenvalue weighted by atomic mass is 35.5. The average Bonchev–Trinajstić information content (AvgIpc) is 2.39. The maximum Gasteiger partial charge on any atom is 0.256 e. The van der Waals surface area contributed by atoms with E-state index in [4.69, 9.17) is 11.6 Å². The fourth-order valence-electron chi connectivity index (χ4n) is 2.24. The van der Waals surface area contributed by atoms with Crippen molar-refractivity contribution in [3.05, 3.63) is 29.0 Å². The molecule has 1 atom stereocenters. The summed E-state index contributed by atoms with van der Waals surface area (Å²) in [7, 11) is 1.81. The van der Waals surface area contributed by atoms with Crippen molar-refractivity contribution in [3.63, 3.8) is 0 Å². The first kappa shape index (κ1) is 13.3. The summed E-state index contributed by atoms with van der Waals surface area (Å²) in [5.74, 6) is -0.0690. The monoisotopic (exact) mass is 267 g/mol. The van der Waals surface area contributed by atoms with Gasteiger partial charge in [-0.1, -0.05) is 18.0 Å². The number of carbonyl (C=O) groups is 1. The van der Waals surface area contributed by atoms with E-state index in [2.05, 4.69) is 10.3 Å². The van der Waals surface area contributed by atoms with Gasteiger partial charge in [-0.25, -0.2) is 4.98 Å². The molecule has 0 aromatic carbocycles. The molecule has 2 rings (SSSR count). The van der Waals surface area contributed by atoms with Crippen LogP contribution in [0.3, 0.4) is 0 Å². The molecular weight excluding hydrogens is 250 g/mol. The van der Waals surface area contributed by atoms with Gasteiger partial charge in [0.1, 0.15) is 5.15 Å². The maximum absolute atomic E-state index is 12.2. The van der Waals surface area contributed by atoms with Crippen LogP contribution in [0.5, 0.6) is 0 Å². The zero-order valence-electron chi connectivity index (χ0n) is 10.5. The number of likely N-dealkylation sites (N-methyl/N-ethyl adjacent to an activating group) is 1. The van der Waals surface area contributed by atoms with Crippen molar-refractivity contribution in [3.8, 4) is 0 Å². The third-order valence-electron chi connectivity index (χ3n) is 3.24. The summed E-state index contributed by atoms with van der Waals surface area (Å²) in [5.41, 5.74) is 0.470. The Balaban J connectivity index is 1.98. The minimum atomic E-state index is -0.0690. The van der Waals surface area contributed by atoms with Crippen molar-refractivity contribution in [2.45, 2.75) is 25.3 Å². The number of hydrogen-bond donors (Lipinski definition) is 1. The molecule has 0 radical (unpaired) electrons. The summed E-state index contributed by atoms with van der Waals surface area (Å²) >= 11 is 5.93. The molecule has 1 aliphatic rings. The van der Waals surface area contributed by atoms with Crippen molar-refractivity contribution in [1.29, 1.82) is 0 Å². The second-order valence-electron chi connectivity index (χ2n) is 4.67. The Labute approximate surface area is 112 Å². The Kier molecular flexibility index (Phi) is 4.55. The third kappa shape index (κ3) is 3.21. The zero-order chi connectivity index (χ0) is 13.0. The van der Waals surface area contributed by atoms with Gasteiger partial charge < -0.3 is 10.2 Å². The van der Waals surface area contributed by atoms with E-state index < -0.39 is 0 Å². The maximum atomic E-state index is 12.2. The normalized spacial score (nSPS) is 19.6. The smallest absolute Gasteiger partial charge is 0.256 e. The highest BCUT2D eigenvalue weighted by Crippen LogP contribution is 2.15. The Morgan fingerprint density at radius 1 is 1.61 bits per heavy atom. The van der Waals surface area contributed by atoms with Gasteiger partial charge in [-0.15, -0.1) is 0 Å². The summed E-state index contributed by atoms with van der Waals surface area (Å²) in [6.45, 7) is 1.75. The van der Waals surface area contributed by atoms with Crippen LogP contribution in [0.2, 0.25) is 5.15 Å². The fourth-order valence-corrected chi connectivity index (χ4v) is 2.44. The van der Waals surface area contributed by atoms with E-state index in [9.17, 15) is 4.79 Å². The topological polar surface area (TPSA) is 45.2 Å². The molecule has 1 aliphatic heterocycles. The van der Waals surface area contributed by atoms with Gasteiger partial charge in [0.05, 0.1) is 5.56 Å². The second kappa shape index (κ2) is 6.16. The van der Waals surface area contributed by atoms with Crippen molar-refractivity contribution in [2.75, 3.05) is 20.1 Å². The Hall–Kier alpha value is -1.13. The Bertz CT molecular complexity index is 418. The van der Waals surface area contributed by atoms with Gasteiger partial charge in [0.15, 0.2) is 0 Å². The van der Waals surface area contributed by atoms with Crippen LogP contribution in [0.1, 0.15) is 29.6 Å². The lowest BCUT2D eigenvalue weighted by Crippen LogP contribution is -2.44. The molecule has 0 aliphatic carbocycles. The molecule has 4 nitrogen and oxygen atoms in total. The van der Waals surface area contributed by atoms with E-state index in [1.807, 2.05) is 7.05 Å². The van der Waals surface area contributed by atoms with Crippen molar-refractivity contribution < 1.29 is 4.79 Å². The molecular formula is C13H18ClN3O. The average molecular weight is 268 g/mol. The number of nitrogens with one attached hydrogen (secondary N) is 1. The first-order valence-electron chi connectivity index (χ1n) is 6.28. The molecule has 1 fully saturated rings. The van der Waals surface area contributed by atoms with Crippen molar-refractivity contribution in [2.24, 2.45) is 0 Å². The van der Waals surface area contributed by atoms with E-state index in [1.165, 1.54) is 12.8 Å². The summed E-state index contributed by atoms with van der Waals surface area (Å²) in [6, 6.07) is 3.83. The molecule has 2 heterocycles. The van der Waals surface area contributed by atoms with Crippen LogP contribution in [-0.2, 0) is 0 Å². The number of nitrogens with zero attached hydrogens (tertiary/aromatic N) is 2. The van der Waals surface area contributed by atoms with E-state index >= 15 is 0 Å². The highest BCUT2D eigenvalue weighted by molar-refractivity contribution is 6.32. The number of pyridine rings is 1. The molecule has 0 spiro atoms. The van der Waals surface area contributed by atoms with Gasteiger partial charge in [-0.3, -0.25) is 4.79 Å². The molecule has 98 valence electrons. The van der Waals surface area contributed by atoms with Gasteiger partial charge in [-0.2, -0.15) is 0 Å². The molecule has 18 heavy (non-hydrogen) atoms. The lowest BCUT2D eigenvalue weighted by molar-refractivity contribution is 0.0775. The number of hydrogen-bond acceptors (Lipinski definition) is 3. The highest BCUT2D eigenvalue weighted by Gasteiger charge is 2.20. The molecule has 5 heteroatoms. The lowest BCUT2D eigenvalue weighted by Gasteiger charge is -2.28. The van der Waals surface area contributed by atoms with Crippen molar-refractivity contribution in [1.82, 2.24) is 15.2 Å². The van der Waals surface area contributed by atoms with Crippen LogP contribution in [0.25, 0.3) is 0 Å².